The summed E-state index contributed by atoms with van der Waals surface area (Å²) < 4.78 is 62.0. The summed E-state index contributed by atoms with van der Waals surface area (Å²) in [5.41, 5.74) is 3.25. The Morgan fingerprint density at radius 1 is 0.453 bits per heavy atom. The predicted octanol–water partition coefficient (Wildman–Crippen LogP) is 11.6. The molecule has 1 atom stereocenters. The molecule has 0 aliphatic rings. The number of benzene rings is 9. The molecule has 9 aromatic carbocycles. The minimum atomic E-state index is -4.18. The first-order valence-electron chi connectivity index (χ1n) is 24.1. The molecule has 0 aliphatic carbocycles. The van der Waals surface area contributed by atoms with Gasteiger partial charge < -0.3 is 28.8 Å². The van der Waals surface area contributed by atoms with E-state index in [9.17, 15) is 23.1 Å². The zero-order valence-electron chi connectivity index (χ0n) is 40.5. The Bertz CT molecular complexity index is 3460. The Hall–Kier alpha value is -9.04. The quantitative estimate of drug-likeness (QED) is 0.0490. The van der Waals surface area contributed by atoms with Crippen molar-refractivity contribution in [2.75, 3.05) is 6.61 Å². The van der Waals surface area contributed by atoms with E-state index in [-0.39, 0.29) is 83.0 Å². The second kappa shape index (κ2) is 24.1. The normalized spacial score (nSPS) is 11.6. The number of rotatable bonds is 22. The SMILES string of the molecule is O=C(OCC(Cc1ccc(O)cc1)NS(=O)(=O)c1ccc2ccccc2c1)c1cc(OCc2ccccc2)c(C(=O)c2c(OCc3ccccc3)cccc2C(=O)OCc2ccccc2)c(OCc2ccccc2)c1. The number of phenols is 1. The van der Waals surface area contributed by atoms with E-state index < -0.39 is 40.4 Å². The fourth-order valence-electron chi connectivity index (χ4n) is 8.28. The molecule has 0 radical (unpaired) electrons. The second-order valence-corrected chi connectivity index (χ2v) is 19.3. The summed E-state index contributed by atoms with van der Waals surface area (Å²) in [7, 11) is -4.18. The summed E-state index contributed by atoms with van der Waals surface area (Å²) in [5, 5.41) is 11.6. The van der Waals surface area contributed by atoms with Crippen LogP contribution in [0.2, 0.25) is 0 Å². The predicted molar refractivity (Wildman–Crippen MR) is 284 cm³/mol. The van der Waals surface area contributed by atoms with Crippen molar-refractivity contribution in [3.63, 3.8) is 0 Å². The molecule has 0 aliphatic heterocycles. The summed E-state index contributed by atoms with van der Waals surface area (Å²) in [6, 6.07) is 61.8. The summed E-state index contributed by atoms with van der Waals surface area (Å²) in [5.74, 6) is -2.47. The van der Waals surface area contributed by atoms with Gasteiger partial charge in [-0.2, -0.15) is 0 Å². The number of sulfonamides is 1. The average molecular weight is 1020 g/mol. The van der Waals surface area contributed by atoms with E-state index in [0.717, 1.165) is 33.0 Å². The lowest BCUT2D eigenvalue weighted by Gasteiger charge is -2.21. The molecule has 0 saturated heterocycles. The van der Waals surface area contributed by atoms with Gasteiger partial charge in [0, 0.05) is 0 Å². The minimum Gasteiger partial charge on any atom is -0.508 e. The molecule has 9 rings (SSSR count). The first-order valence-corrected chi connectivity index (χ1v) is 25.6. The van der Waals surface area contributed by atoms with E-state index in [0.29, 0.717) is 5.56 Å². The van der Waals surface area contributed by atoms with Gasteiger partial charge in [0.15, 0.2) is 0 Å². The number of hydrogen-bond acceptors (Lipinski definition) is 11. The van der Waals surface area contributed by atoms with Crippen molar-refractivity contribution >= 4 is 38.5 Å². The van der Waals surface area contributed by atoms with Crippen LogP contribution < -0.4 is 18.9 Å². The van der Waals surface area contributed by atoms with E-state index >= 15 is 4.79 Å². The standard InChI is InChI=1S/C62H51NO11S/c64-52-31-28-43(29-32-52)34-51(63-75(68,69)53-33-30-48-24-13-14-25-49(48)35-53)42-74-61(66)50-36-56(71-39-45-18-7-2-8-19-45)59(57(37-50)72-40-46-20-9-3-10-21-46)60(65)58-54(62(67)73-41-47-22-11-4-12-23-47)26-15-27-55(58)70-38-44-16-5-1-6-17-44/h1-33,35-37,51,63-64H,34,38-42H2. The van der Waals surface area contributed by atoms with Crippen LogP contribution >= 0.6 is 0 Å². The van der Waals surface area contributed by atoms with Crippen LogP contribution in [-0.2, 0) is 52.3 Å². The lowest BCUT2D eigenvalue weighted by molar-refractivity contribution is 0.0463. The van der Waals surface area contributed by atoms with Gasteiger partial charge in [-0.3, -0.25) is 4.79 Å². The summed E-state index contributed by atoms with van der Waals surface area (Å²) in [6.45, 7) is -0.567. The highest BCUT2D eigenvalue weighted by Gasteiger charge is 2.32. The fourth-order valence-corrected chi connectivity index (χ4v) is 9.54. The van der Waals surface area contributed by atoms with Crippen LogP contribution in [0.15, 0.2) is 223 Å². The average Bonchev–Trinajstić information content (AvgIpc) is 3.45. The highest BCUT2D eigenvalue weighted by molar-refractivity contribution is 7.89. The molecule has 0 saturated carbocycles. The molecule has 0 fully saturated rings. The molecule has 12 nitrogen and oxygen atoms in total. The van der Waals surface area contributed by atoms with Gasteiger partial charge in [-0.25, -0.2) is 22.7 Å². The third-order valence-electron chi connectivity index (χ3n) is 12.1. The van der Waals surface area contributed by atoms with E-state index in [2.05, 4.69) is 4.72 Å². The molecule has 13 heteroatoms. The number of hydrogen-bond donors (Lipinski definition) is 2. The maximum absolute atomic E-state index is 15.7. The van der Waals surface area contributed by atoms with Crippen molar-refractivity contribution in [3.8, 4) is 23.0 Å². The molecule has 2 N–H and O–H groups in total. The highest BCUT2D eigenvalue weighted by atomic mass is 32.2. The van der Waals surface area contributed by atoms with Crippen LogP contribution in [0, 0.1) is 0 Å². The Kier molecular flexibility index (Phi) is 16.4. The van der Waals surface area contributed by atoms with Crippen LogP contribution in [0.4, 0.5) is 0 Å². The third kappa shape index (κ3) is 13.3. The molecule has 0 spiro atoms. The molecule has 0 aromatic heterocycles. The Morgan fingerprint density at radius 3 is 1.52 bits per heavy atom. The Balaban J connectivity index is 1.10. The maximum atomic E-state index is 15.7. The van der Waals surface area contributed by atoms with E-state index in [4.69, 9.17) is 23.7 Å². The van der Waals surface area contributed by atoms with Gasteiger partial charge in [-0.1, -0.05) is 170 Å². The van der Waals surface area contributed by atoms with Gasteiger partial charge in [-0.05, 0) is 93.5 Å². The number of aromatic hydroxyl groups is 1. The Morgan fingerprint density at radius 2 is 0.960 bits per heavy atom. The number of nitrogens with one attached hydrogen (secondary N) is 1. The monoisotopic (exact) mass is 1020 g/mol. The first kappa shape index (κ1) is 50.9. The molecule has 9 aromatic rings. The summed E-state index contributed by atoms with van der Waals surface area (Å²) in [4.78, 5) is 44.5. The van der Waals surface area contributed by atoms with Crippen molar-refractivity contribution in [1.82, 2.24) is 4.72 Å². The van der Waals surface area contributed by atoms with Gasteiger partial charge in [-0.15, -0.1) is 0 Å². The van der Waals surface area contributed by atoms with Gasteiger partial charge in [0.1, 0.15) is 61.6 Å². The second-order valence-electron chi connectivity index (χ2n) is 17.5. The number of esters is 2. The molecular weight excluding hydrogens is 967 g/mol. The van der Waals surface area contributed by atoms with Crippen LogP contribution in [0.1, 0.15) is 64.5 Å². The molecule has 0 amide bonds. The van der Waals surface area contributed by atoms with Gasteiger partial charge >= 0.3 is 11.9 Å². The topological polar surface area (TPSA) is 164 Å². The van der Waals surface area contributed by atoms with Crippen LogP contribution in [0.25, 0.3) is 10.8 Å². The van der Waals surface area contributed by atoms with Crippen molar-refractivity contribution in [1.29, 1.82) is 0 Å². The lowest BCUT2D eigenvalue weighted by atomic mass is 9.94. The van der Waals surface area contributed by atoms with Crippen molar-refractivity contribution in [2.45, 2.75) is 43.8 Å². The number of ether oxygens (including phenoxy) is 5. The van der Waals surface area contributed by atoms with Gasteiger partial charge in [0.05, 0.1) is 27.6 Å². The third-order valence-corrected chi connectivity index (χ3v) is 13.6. The van der Waals surface area contributed by atoms with Gasteiger partial charge in [0.25, 0.3) is 0 Å². The van der Waals surface area contributed by atoms with Crippen molar-refractivity contribution < 1.29 is 51.6 Å². The number of ketones is 1. The van der Waals surface area contributed by atoms with E-state index in [1.165, 1.54) is 36.4 Å². The van der Waals surface area contributed by atoms with E-state index in [1.807, 2.05) is 146 Å². The van der Waals surface area contributed by atoms with Crippen LogP contribution in [0.3, 0.4) is 0 Å². The number of carbonyl (C=O) groups is 3. The maximum Gasteiger partial charge on any atom is 0.339 e. The molecule has 0 bridgehead atoms. The number of phenolic OH excluding ortho intramolecular Hbond substituents is 1. The highest BCUT2D eigenvalue weighted by Crippen LogP contribution is 2.38. The number of fused-ring (bicyclic) bond motifs is 1. The van der Waals surface area contributed by atoms with Gasteiger partial charge in [0.2, 0.25) is 15.8 Å². The van der Waals surface area contributed by atoms with E-state index in [1.54, 1.807) is 36.4 Å². The minimum absolute atomic E-state index is 0.0172. The zero-order chi connectivity index (χ0) is 52.0. The van der Waals surface area contributed by atoms with Crippen LogP contribution in [0.5, 0.6) is 23.0 Å². The Labute approximate surface area is 434 Å². The summed E-state index contributed by atoms with van der Waals surface area (Å²) >= 11 is 0. The van der Waals surface area contributed by atoms with Crippen molar-refractivity contribution in [2.24, 2.45) is 0 Å². The smallest absolute Gasteiger partial charge is 0.339 e. The first-order chi connectivity index (χ1) is 36.6. The molecule has 0 heterocycles. The van der Waals surface area contributed by atoms with Crippen molar-refractivity contribution in [3.05, 3.63) is 268 Å². The van der Waals surface area contributed by atoms with Crippen LogP contribution in [-0.4, -0.2) is 43.9 Å². The molecule has 1 unspecified atom stereocenters. The molecule has 75 heavy (non-hydrogen) atoms. The summed E-state index contributed by atoms with van der Waals surface area (Å²) in [6.07, 6.45) is 0.0759. The lowest BCUT2D eigenvalue weighted by Crippen LogP contribution is -2.40. The molecular formula is C62H51NO11S. The zero-order valence-corrected chi connectivity index (χ0v) is 41.4. The number of carbonyl (C=O) groups excluding carboxylic acids is 3. The molecule has 376 valence electrons. The largest absolute Gasteiger partial charge is 0.508 e. The fraction of sp³-hybridized carbons (Fsp3) is 0.113.